The van der Waals surface area contributed by atoms with Crippen molar-refractivity contribution in [3.63, 3.8) is 0 Å². The maximum atomic E-state index is 14.1. The molecule has 2 aliphatic rings. The minimum atomic E-state index is -0.560. The van der Waals surface area contributed by atoms with Crippen LogP contribution < -0.4 is 5.48 Å². The van der Waals surface area contributed by atoms with Crippen LogP contribution in [0.3, 0.4) is 0 Å². The first-order valence-electron chi connectivity index (χ1n) is 13.9. The molecule has 0 bridgehead atoms. The average molecular weight is 524 g/mol. The van der Waals surface area contributed by atoms with Gasteiger partial charge in [-0.15, -0.1) is 0 Å². The normalized spacial score (nSPS) is 18.1. The monoisotopic (exact) mass is 523 g/mol. The Morgan fingerprint density at radius 3 is 1.97 bits per heavy atom. The fourth-order valence-electron chi connectivity index (χ4n) is 5.59. The van der Waals surface area contributed by atoms with Gasteiger partial charge in [0.05, 0.1) is 23.9 Å². The van der Waals surface area contributed by atoms with E-state index >= 15 is 0 Å². The summed E-state index contributed by atoms with van der Waals surface area (Å²) in [6.07, 6.45) is 5.81. The van der Waals surface area contributed by atoms with Gasteiger partial charge in [-0.2, -0.15) is 0 Å². The number of nitrogens with one attached hydrogen (secondary N) is 1. The van der Waals surface area contributed by atoms with E-state index < -0.39 is 12.1 Å². The largest absolute Gasteiger partial charge is 0.465 e. The molecule has 0 radical (unpaired) electrons. The number of carbonyl (C=O) groups is 2. The van der Waals surface area contributed by atoms with Crippen molar-refractivity contribution in [3.05, 3.63) is 112 Å². The molecule has 1 saturated carbocycles. The third-order valence-electron chi connectivity index (χ3n) is 7.98. The van der Waals surface area contributed by atoms with Gasteiger partial charge in [-0.3, -0.25) is 15.1 Å². The molecule has 5 rings (SSSR count). The molecule has 202 valence electrons. The van der Waals surface area contributed by atoms with E-state index in [1.54, 1.807) is 12.1 Å². The number of methoxy groups -OCH3 is 1. The number of Topliss-reactive ketones (excluding diaryl/α,β-unsaturated/α-hetero) is 1. The summed E-state index contributed by atoms with van der Waals surface area (Å²) in [7, 11) is 1.36. The average Bonchev–Trinajstić information content (AvgIpc) is 3.42. The van der Waals surface area contributed by atoms with Gasteiger partial charge in [0.1, 0.15) is 6.10 Å². The molecule has 39 heavy (non-hydrogen) atoms. The van der Waals surface area contributed by atoms with E-state index in [0.29, 0.717) is 28.3 Å². The summed E-state index contributed by atoms with van der Waals surface area (Å²) < 4.78 is 4.84. The van der Waals surface area contributed by atoms with Gasteiger partial charge in [-0.1, -0.05) is 101 Å². The lowest BCUT2D eigenvalue weighted by molar-refractivity contribution is 0.0446. The first-order chi connectivity index (χ1) is 18.8. The second kappa shape index (κ2) is 11.2. The fourth-order valence-corrected chi connectivity index (χ4v) is 5.59. The van der Waals surface area contributed by atoms with Crippen LogP contribution in [0.15, 0.2) is 78.4 Å². The van der Waals surface area contributed by atoms with Gasteiger partial charge < -0.3 is 4.74 Å². The van der Waals surface area contributed by atoms with Crippen molar-refractivity contribution in [2.45, 2.75) is 70.3 Å². The summed E-state index contributed by atoms with van der Waals surface area (Å²) in [6, 6.07) is 23.4. The second-order valence-corrected chi connectivity index (χ2v) is 11.6. The van der Waals surface area contributed by atoms with Gasteiger partial charge >= 0.3 is 5.97 Å². The van der Waals surface area contributed by atoms with Crippen molar-refractivity contribution in [1.29, 1.82) is 0 Å². The van der Waals surface area contributed by atoms with Crippen LogP contribution in [-0.4, -0.2) is 18.9 Å². The molecule has 0 aromatic heterocycles. The Balaban J connectivity index is 1.52. The zero-order valence-corrected chi connectivity index (χ0v) is 23.3. The van der Waals surface area contributed by atoms with Crippen LogP contribution in [0, 0.1) is 0 Å². The summed E-state index contributed by atoms with van der Waals surface area (Å²) in [5.74, 6) is 0.114. The van der Waals surface area contributed by atoms with E-state index in [0.717, 1.165) is 11.1 Å². The SMILES string of the molecule is COC(=O)c1ccc(C2=C(C(=O)c3ccc(C(C)(C)C)cc3)C(c3ccc(C4CCCCC4)cc3)ON2)cc1. The summed E-state index contributed by atoms with van der Waals surface area (Å²) in [5.41, 5.74) is 9.47. The van der Waals surface area contributed by atoms with E-state index in [2.05, 4.69) is 50.5 Å². The molecule has 1 unspecified atom stereocenters. The van der Waals surface area contributed by atoms with E-state index in [9.17, 15) is 9.59 Å². The van der Waals surface area contributed by atoms with E-state index in [1.807, 2.05) is 36.4 Å². The summed E-state index contributed by atoms with van der Waals surface area (Å²) >= 11 is 0. The number of ether oxygens (including phenoxy) is 1. The molecule has 1 N–H and O–H groups in total. The number of hydrogen-bond acceptors (Lipinski definition) is 5. The lowest BCUT2D eigenvalue weighted by atomic mass is 9.83. The standard InChI is InChI=1S/C34H37NO4/c1-34(2,3)28-20-18-25(19-21-28)31(36)29-30(24-12-16-27(17-13-24)33(37)38-4)35-39-32(29)26-14-10-23(11-15-26)22-8-6-5-7-9-22/h10-22,32,35H,5-9H2,1-4H3. The number of hydroxylamine groups is 1. The maximum absolute atomic E-state index is 14.1. The van der Waals surface area contributed by atoms with Crippen molar-refractivity contribution in [1.82, 2.24) is 5.48 Å². The minimum absolute atomic E-state index is 0.00592. The molecule has 0 amide bonds. The number of rotatable bonds is 6. The van der Waals surface area contributed by atoms with E-state index in [1.165, 1.54) is 50.3 Å². The van der Waals surface area contributed by atoms with Crippen LogP contribution in [0.5, 0.6) is 0 Å². The Kier molecular flexibility index (Phi) is 7.72. The highest BCUT2D eigenvalue weighted by Gasteiger charge is 2.35. The van der Waals surface area contributed by atoms with Gasteiger partial charge in [0.15, 0.2) is 5.78 Å². The van der Waals surface area contributed by atoms with Crippen LogP contribution in [0.25, 0.3) is 5.70 Å². The second-order valence-electron chi connectivity index (χ2n) is 11.6. The Morgan fingerprint density at radius 2 is 1.38 bits per heavy atom. The molecule has 5 heteroatoms. The molecule has 0 saturated heterocycles. The van der Waals surface area contributed by atoms with Crippen molar-refractivity contribution in [2.75, 3.05) is 7.11 Å². The molecule has 1 fully saturated rings. The predicted molar refractivity (Wildman–Crippen MR) is 153 cm³/mol. The molecule has 1 aliphatic carbocycles. The van der Waals surface area contributed by atoms with E-state index in [-0.39, 0.29) is 11.2 Å². The fraction of sp³-hybridized carbons (Fsp3) is 0.353. The van der Waals surface area contributed by atoms with E-state index in [4.69, 9.17) is 9.57 Å². The molecule has 1 aliphatic heterocycles. The number of carbonyl (C=O) groups excluding carboxylic acids is 2. The van der Waals surface area contributed by atoms with Crippen molar-refractivity contribution < 1.29 is 19.2 Å². The summed E-state index contributed by atoms with van der Waals surface area (Å²) in [4.78, 5) is 32.1. The van der Waals surface area contributed by atoms with Crippen molar-refractivity contribution in [3.8, 4) is 0 Å². The number of benzene rings is 3. The highest BCUT2D eigenvalue weighted by atomic mass is 16.7. The lowest BCUT2D eigenvalue weighted by Crippen LogP contribution is -2.14. The van der Waals surface area contributed by atoms with Crippen molar-refractivity contribution >= 4 is 17.4 Å². The Labute approximate surface area is 231 Å². The van der Waals surface area contributed by atoms with Gasteiger partial charge in [-0.25, -0.2) is 4.79 Å². The summed E-state index contributed by atoms with van der Waals surface area (Å²) in [5, 5.41) is 0. The topological polar surface area (TPSA) is 64.6 Å². The molecular weight excluding hydrogens is 486 g/mol. The highest BCUT2D eigenvalue weighted by Crippen LogP contribution is 2.39. The van der Waals surface area contributed by atoms with Crippen LogP contribution in [-0.2, 0) is 15.0 Å². The molecular formula is C34H37NO4. The van der Waals surface area contributed by atoms with Crippen LogP contribution >= 0.6 is 0 Å². The third kappa shape index (κ3) is 5.69. The Morgan fingerprint density at radius 1 is 0.795 bits per heavy atom. The zero-order chi connectivity index (χ0) is 27.6. The number of hydrogen-bond donors (Lipinski definition) is 1. The van der Waals surface area contributed by atoms with Gasteiger partial charge in [0.2, 0.25) is 0 Å². The lowest BCUT2D eigenvalue weighted by Gasteiger charge is -2.22. The number of esters is 1. The summed E-state index contributed by atoms with van der Waals surface area (Å²) in [6.45, 7) is 6.47. The third-order valence-corrected chi connectivity index (χ3v) is 7.98. The molecule has 0 spiro atoms. The Bertz CT molecular complexity index is 1360. The minimum Gasteiger partial charge on any atom is -0.465 e. The zero-order valence-electron chi connectivity index (χ0n) is 23.3. The predicted octanol–water partition coefficient (Wildman–Crippen LogP) is 7.69. The van der Waals surface area contributed by atoms with Gasteiger partial charge in [-0.05, 0) is 53.0 Å². The smallest absolute Gasteiger partial charge is 0.337 e. The van der Waals surface area contributed by atoms with Crippen LogP contribution in [0.2, 0.25) is 0 Å². The Hall–Kier alpha value is -3.70. The quantitative estimate of drug-likeness (QED) is 0.265. The van der Waals surface area contributed by atoms with Crippen LogP contribution in [0.4, 0.5) is 0 Å². The van der Waals surface area contributed by atoms with Gasteiger partial charge in [0, 0.05) is 11.1 Å². The first-order valence-corrected chi connectivity index (χ1v) is 13.9. The molecule has 3 aromatic rings. The van der Waals surface area contributed by atoms with Crippen molar-refractivity contribution in [2.24, 2.45) is 0 Å². The molecule has 5 nitrogen and oxygen atoms in total. The molecule has 1 heterocycles. The van der Waals surface area contributed by atoms with Crippen LogP contribution in [0.1, 0.15) is 108 Å². The molecule has 3 aromatic carbocycles. The molecule has 1 atom stereocenters. The first kappa shape index (κ1) is 26.9. The maximum Gasteiger partial charge on any atom is 0.337 e. The highest BCUT2D eigenvalue weighted by molar-refractivity contribution is 6.14. The van der Waals surface area contributed by atoms with Gasteiger partial charge in [0.25, 0.3) is 0 Å². The number of ketones is 1.